The number of nitrogens with zero attached hydrogens (tertiary/aromatic N) is 5. The number of hydrogen-bond donors (Lipinski definition) is 0. The number of nitro groups is 1. The van der Waals surface area contributed by atoms with Crippen LogP contribution >= 0.6 is 11.8 Å². The lowest BCUT2D eigenvalue weighted by Gasteiger charge is -2.14. The van der Waals surface area contributed by atoms with E-state index in [9.17, 15) is 10.1 Å². The molecule has 1 aliphatic heterocycles. The van der Waals surface area contributed by atoms with Crippen molar-refractivity contribution < 1.29 is 4.92 Å². The van der Waals surface area contributed by atoms with Crippen LogP contribution in [0.15, 0.2) is 58.8 Å². The Bertz CT molecular complexity index is 995. The van der Waals surface area contributed by atoms with Gasteiger partial charge in [0.15, 0.2) is 5.82 Å². The van der Waals surface area contributed by atoms with Crippen molar-refractivity contribution in [3.8, 4) is 11.4 Å². The zero-order valence-electron chi connectivity index (χ0n) is 13.3. The van der Waals surface area contributed by atoms with Crippen molar-refractivity contribution in [2.75, 3.05) is 5.75 Å². The molecule has 3 aromatic rings. The lowest BCUT2D eigenvalue weighted by molar-refractivity contribution is -0.384. The molecule has 2 heterocycles. The van der Waals surface area contributed by atoms with Gasteiger partial charge in [-0.05, 0) is 6.92 Å². The van der Waals surface area contributed by atoms with E-state index in [-0.39, 0.29) is 5.69 Å². The van der Waals surface area contributed by atoms with Crippen molar-refractivity contribution in [2.24, 2.45) is 5.10 Å². The number of non-ortho nitro benzene ring substituents is 1. The smallest absolute Gasteiger partial charge is 0.258 e. The molecule has 25 heavy (non-hydrogen) atoms. The molecule has 2 aromatic carbocycles. The molecule has 0 spiro atoms. The largest absolute Gasteiger partial charge is 0.270 e. The van der Waals surface area contributed by atoms with Gasteiger partial charge in [0.1, 0.15) is 0 Å². The van der Waals surface area contributed by atoms with Gasteiger partial charge in [0, 0.05) is 29.0 Å². The highest BCUT2D eigenvalue weighted by atomic mass is 32.2. The first-order valence-corrected chi connectivity index (χ1v) is 8.58. The molecule has 0 saturated carbocycles. The van der Waals surface area contributed by atoms with Crippen LogP contribution in [0.4, 0.5) is 5.69 Å². The minimum atomic E-state index is -0.401. The third-order valence-electron chi connectivity index (χ3n) is 3.87. The van der Waals surface area contributed by atoms with Crippen LogP contribution in [0.25, 0.3) is 11.4 Å². The van der Waals surface area contributed by atoms with Crippen LogP contribution < -0.4 is 0 Å². The number of rotatable bonds is 3. The zero-order valence-corrected chi connectivity index (χ0v) is 14.1. The first kappa shape index (κ1) is 15.5. The minimum absolute atomic E-state index is 0.0542. The van der Waals surface area contributed by atoms with Gasteiger partial charge in [-0.15, -0.1) is 10.2 Å². The summed E-state index contributed by atoms with van der Waals surface area (Å²) in [5, 5.41) is 24.8. The van der Waals surface area contributed by atoms with E-state index < -0.39 is 4.92 Å². The summed E-state index contributed by atoms with van der Waals surface area (Å²) in [6.07, 6.45) is 0. The predicted molar refractivity (Wildman–Crippen MR) is 96.0 cm³/mol. The Balaban J connectivity index is 1.77. The van der Waals surface area contributed by atoms with Gasteiger partial charge in [0.25, 0.3) is 5.69 Å². The van der Waals surface area contributed by atoms with Crippen LogP contribution in [0.3, 0.4) is 0 Å². The average molecular weight is 351 g/mol. The number of fused-ring (bicyclic) bond motifs is 1. The number of benzene rings is 2. The van der Waals surface area contributed by atoms with Crippen molar-refractivity contribution in [3.05, 3.63) is 69.8 Å². The number of thioether (sulfide) groups is 1. The van der Waals surface area contributed by atoms with Gasteiger partial charge in [0.2, 0.25) is 5.16 Å². The highest BCUT2D eigenvalue weighted by Crippen LogP contribution is 2.29. The van der Waals surface area contributed by atoms with E-state index in [1.165, 1.54) is 17.8 Å². The molecule has 0 amide bonds. The van der Waals surface area contributed by atoms with Gasteiger partial charge in [-0.3, -0.25) is 10.1 Å². The Morgan fingerprint density at radius 3 is 2.68 bits per heavy atom. The molecule has 0 fully saturated rings. The third kappa shape index (κ3) is 2.91. The van der Waals surface area contributed by atoms with Crippen molar-refractivity contribution in [3.63, 3.8) is 0 Å². The van der Waals surface area contributed by atoms with Crippen molar-refractivity contribution >= 4 is 23.2 Å². The highest BCUT2D eigenvalue weighted by Gasteiger charge is 2.21. The Labute approximate surface area is 147 Å². The van der Waals surface area contributed by atoms with Gasteiger partial charge >= 0.3 is 0 Å². The molecular formula is C17H13N5O2S. The molecule has 0 bridgehead atoms. The average Bonchev–Trinajstić information content (AvgIpc) is 3.05. The fraction of sp³-hybridized carbons (Fsp3) is 0.118. The molecule has 0 N–H and O–H groups in total. The highest BCUT2D eigenvalue weighted by molar-refractivity contribution is 7.99. The fourth-order valence-corrected chi connectivity index (χ4v) is 3.39. The fourth-order valence-electron chi connectivity index (χ4n) is 2.55. The Kier molecular flexibility index (Phi) is 3.81. The summed E-state index contributed by atoms with van der Waals surface area (Å²) in [7, 11) is 0. The summed E-state index contributed by atoms with van der Waals surface area (Å²) in [6.45, 7) is 2.03. The number of nitro benzene ring substituents is 1. The van der Waals surface area contributed by atoms with Crippen LogP contribution in [0, 0.1) is 17.0 Å². The van der Waals surface area contributed by atoms with Gasteiger partial charge in [0.05, 0.1) is 10.6 Å². The molecule has 0 unspecified atom stereocenters. The van der Waals surface area contributed by atoms with Crippen LogP contribution in [0.1, 0.15) is 11.1 Å². The molecule has 0 saturated heterocycles. The van der Waals surface area contributed by atoms with Crippen molar-refractivity contribution in [1.82, 2.24) is 14.9 Å². The molecule has 0 aliphatic carbocycles. The summed E-state index contributed by atoms with van der Waals surface area (Å²) < 4.78 is 1.70. The number of aromatic nitrogens is 3. The maximum absolute atomic E-state index is 11.0. The summed E-state index contributed by atoms with van der Waals surface area (Å²) >= 11 is 1.51. The maximum Gasteiger partial charge on any atom is 0.270 e. The van der Waals surface area contributed by atoms with E-state index in [0.717, 1.165) is 22.4 Å². The molecular weight excluding hydrogens is 338 g/mol. The van der Waals surface area contributed by atoms with Crippen LogP contribution in [-0.2, 0) is 0 Å². The molecule has 0 radical (unpaired) electrons. The monoisotopic (exact) mass is 351 g/mol. The zero-order chi connectivity index (χ0) is 17.4. The van der Waals surface area contributed by atoms with E-state index in [0.29, 0.717) is 16.7 Å². The van der Waals surface area contributed by atoms with Gasteiger partial charge in [-0.25, -0.2) is 0 Å². The molecule has 1 aliphatic rings. The molecule has 1 aromatic heterocycles. The summed E-state index contributed by atoms with van der Waals surface area (Å²) in [6, 6.07) is 14.5. The standard InChI is InChI=1S/C17H13N5O2S/c1-11-5-7-12(8-6-11)16-18-19-17-21(16)20-15(10-25-17)13-3-2-4-14(9-13)22(23)24/h2-9H,10H2,1H3. The maximum atomic E-state index is 11.0. The van der Waals surface area contributed by atoms with Crippen LogP contribution in [-0.4, -0.2) is 31.3 Å². The van der Waals surface area contributed by atoms with E-state index in [1.54, 1.807) is 16.8 Å². The summed E-state index contributed by atoms with van der Waals surface area (Å²) in [5.74, 6) is 1.25. The lowest BCUT2D eigenvalue weighted by Crippen LogP contribution is -2.14. The molecule has 7 nitrogen and oxygen atoms in total. The van der Waals surface area contributed by atoms with Gasteiger partial charge < -0.3 is 0 Å². The van der Waals surface area contributed by atoms with Crippen molar-refractivity contribution in [2.45, 2.75) is 12.1 Å². The van der Waals surface area contributed by atoms with E-state index in [1.807, 2.05) is 37.3 Å². The molecule has 4 rings (SSSR count). The number of aryl methyl sites for hydroxylation is 1. The van der Waals surface area contributed by atoms with Gasteiger partial charge in [-0.2, -0.15) is 9.78 Å². The second-order valence-corrected chi connectivity index (χ2v) is 6.57. The minimum Gasteiger partial charge on any atom is -0.258 e. The second-order valence-electron chi connectivity index (χ2n) is 5.63. The quantitative estimate of drug-likeness (QED) is 0.532. The topological polar surface area (TPSA) is 86.2 Å². The predicted octanol–water partition coefficient (Wildman–Crippen LogP) is 3.52. The third-order valence-corrected chi connectivity index (χ3v) is 4.80. The van der Waals surface area contributed by atoms with Crippen molar-refractivity contribution in [1.29, 1.82) is 0 Å². The van der Waals surface area contributed by atoms with E-state index in [4.69, 9.17) is 0 Å². The van der Waals surface area contributed by atoms with E-state index >= 15 is 0 Å². The normalized spacial score (nSPS) is 13.2. The van der Waals surface area contributed by atoms with Gasteiger partial charge in [-0.1, -0.05) is 53.7 Å². The summed E-state index contributed by atoms with van der Waals surface area (Å²) in [5.41, 5.74) is 3.63. The molecule has 8 heteroatoms. The second kappa shape index (κ2) is 6.14. The Morgan fingerprint density at radius 2 is 1.92 bits per heavy atom. The SMILES string of the molecule is Cc1ccc(-c2nnc3n2N=C(c2cccc([N+](=O)[O-])c2)CS3)cc1. The van der Waals surface area contributed by atoms with Crippen LogP contribution in [0.2, 0.25) is 0 Å². The Hall–Kier alpha value is -3.00. The van der Waals surface area contributed by atoms with E-state index in [2.05, 4.69) is 15.3 Å². The first-order valence-electron chi connectivity index (χ1n) is 7.60. The summed E-state index contributed by atoms with van der Waals surface area (Å²) in [4.78, 5) is 10.6. The number of hydrogen-bond acceptors (Lipinski definition) is 6. The Morgan fingerprint density at radius 1 is 1.12 bits per heavy atom. The lowest BCUT2D eigenvalue weighted by atomic mass is 10.1. The van der Waals surface area contributed by atoms with Crippen LogP contribution in [0.5, 0.6) is 0 Å². The first-order chi connectivity index (χ1) is 12.1. The molecule has 124 valence electrons. The molecule has 0 atom stereocenters.